The maximum Gasteiger partial charge on any atom is 0.287 e. The topological polar surface area (TPSA) is 80.1 Å². The van der Waals surface area contributed by atoms with Gasteiger partial charge >= 0.3 is 0 Å². The summed E-state index contributed by atoms with van der Waals surface area (Å²) in [5, 5.41) is 5.10. The van der Waals surface area contributed by atoms with E-state index in [0.717, 1.165) is 5.22 Å². The van der Waals surface area contributed by atoms with Gasteiger partial charge in [-0.25, -0.2) is 10.4 Å². The van der Waals surface area contributed by atoms with Crippen molar-refractivity contribution in [3.63, 3.8) is 0 Å². The van der Waals surface area contributed by atoms with Gasteiger partial charge in [0.15, 0.2) is 6.61 Å². The first-order chi connectivity index (χ1) is 13.0. The summed E-state index contributed by atoms with van der Waals surface area (Å²) in [5.74, 6) is 2.65. The fourth-order valence-corrected chi connectivity index (χ4v) is 2.46. The van der Waals surface area contributed by atoms with Gasteiger partial charge in [0.2, 0.25) is 0 Å². The maximum atomic E-state index is 11.9. The van der Waals surface area contributed by atoms with E-state index in [2.05, 4.69) is 35.2 Å². The van der Waals surface area contributed by atoms with Crippen LogP contribution in [0, 0.1) is 0 Å². The van der Waals surface area contributed by atoms with Crippen LogP contribution in [0.25, 0.3) is 6.08 Å². The Morgan fingerprint density at radius 3 is 2.67 bits per heavy atom. The highest BCUT2D eigenvalue weighted by molar-refractivity contribution is 6.10. The number of nitrogens with zero attached hydrogens (tertiary/aromatic N) is 2. The lowest BCUT2D eigenvalue weighted by Crippen LogP contribution is -2.30. The molecule has 27 heavy (non-hydrogen) atoms. The molecule has 1 heterocycles. The molecule has 2 aromatic rings. The van der Waals surface area contributed by atoms with Crippen molar-refractivity contribution in [1.82, 2.24) is 5.43 Å². The van der Waals surface area contributed by atoms with E-state index in [0.29, 0.717) is 17.0 Å². The Labute approximate surface area is 156 Å². The number of rotatable bonds is 5. The average Bonchev–Trinajstić information content (AvgIpc) is 2.67. The van der Waals surface area contributed by atoms with Crippen LogP contribution in [0.1, 0.15) is 25.3 Å². The summed E-state index contributed by atoms with van der Waals surface area (Å²) >= 11 is 0. The normalized spacial score (nSPS) is 12.4. The highest BCUT2D eigenvalue weighted by Gasteiger charge is 2.09. The molecular formula is C21H19N3O3. The number of benzene rings is 2. The quantitative estimate of drug-likeness (QED) is 0.497. The zero-order valence-electron chi connectivity index (χ0n) is 15.1. The second-order valence-corrected chi connectivity index (χ2v) is 6.30. The van der Waals surface area contributed by atoms with E-state index >= 15 is 0 Å². The SMILES string of the molecule is CC(C)c1ccc(OCC(=O)NN=C=C2C=c3ccccc3=NC2=O)cc1. The first-order valence-electron chi connectivity index (χ1n) is 8.57. The number of carbonyl (C=O) groups is 2. The van der Waals surface area contributed by atoms with Gasteiger partial charge in [-0.15, -0.1) is 5.10 Å². The molecule has 136 valence electrons. The van der Waals surface area contributed by atoms with Crippen molar-refractivity contribution in [3.8, 4) is 5.75 Å². The predicted octanol–water partition coefficient (Wildman–Crippen LogP) is 1.46. The lowest BCUT2D eigenvalue weighted by Gasteiger charge is -2.08. The molecular weight excluding hydrogens is 342 g/mol. The number of para-hydroxylation sites is 1. The first kappa shape index (κ1) is 18.3. The average molecular weight is 361 g/mol. The summed E-state index contributed by atoms with van der Waals surface area (Å²) in [7, 11) is 0. The molecule has 1 aliphatic rings. The third-order valence-electron chi connectivity index (χ3n) is 3.96. The highest BCUT2D eigenvalue weighted by atomic mass is 16.5. The number of amides is 2. The Bertz CT molecular complexity index is 1050. The molecule has 0 aliphatic carbocycles. The number of hydrogen-bond donors (Lipinski definition) is 1. The van der Waals surface area contributed by atoms with Crippen LogP contribution in [-0.2, 0) is 9.59 Å². The third-order valence-corrected chi connectivity index (χ3v) is 3.96. The molecule has 2 aromatic carbocycles. The molecule has 0 bridgehead atoms. The summed E-state index contributed by atoms with van der Waals surface area (Å²) < 4.78 is 5.41. The largest absolute Gasteiger partial charge is 0.484 e. The minimum atomic E-state index is -0.451. The smallest absolute Gasteiger partial charge is 0.287 e. The summed E-state index contributed by atoms with van der Waals surface area (Å²) in [6.45, 7) is 4.03. The molecule has 0 fully saturated rings. The van der Waals surface area contributed by atoms with Crippen LogP contribution in [0.4, 0.5) is 0 Å². The fraction of sp³-hybridized carbons (Fsp3) is 0.190. The van der Waals surface area contributed by atoms with E-state index in [9.17, 15) is 9.59 Å². The van der Waals surface area contributed by atoms with Crippen LogP contribution in [-0.4, -0.2) is 24.3 Å². The fourth-order valence-electron chi connectivity index (χ4n) is 2.46. The van der Waals surface area contributed by atoms with E-state index in [-0.39, 0.29) is 12.2 Å². The van der Waals surface area contributed by atoms with Gasteiger partial charge < -0.3 is 4.74 Å². The number of carbonyl (C=O) groups excluding carboxylic acids is 2. The standard InChI is InChI=1S/C21H19N3O3/c1-14(2)15-7-9-18(10-8-15)27-13-20(25)24-22-12-17-11-16-5-3-4-6-19(16)23-21(17)26/h3-11,14H,13H2,1-2H3,(H,24,25). The van der Waals surface area contributed by atoms with Gasteiger partial charge in [0.25, 0.3) is 11.8 Å². The Balaban J connectivity index is 1.59. The molecule has 0 saturated carbocycles. The second-order valence-electron chi connectivity index (χ2n) is 6.30. The van der Waals surface area contributed by atoms with Gasteiger partial charge in [0.1, 0.15) is 11.3 Å². The van der Waals surface area contributed by atoms with Crippen LogP contribution in [0.2, 0.25) is 0 Å². The van der Waals surface area contributed by atoms with Crippen LogP contribution in [0.3, 0.4) is 0 Å². The molecule has 0 saturated heterocycles. The van der Waals surface area contributed by atoms with Crippen molar-refractivity contribution in [3.05, 3.63) is 70.2 Å². The molecule has 3 rings (SSSR count). The molecule has 0 spiro atoms. The van der Waals surface area contributed by atoms with Crippen LogP contribution < -0.4 is 20.7 Å². The summed E-state index contributed by atoms with van der Waals surface area (Å²) in [6, 6.07) is 14.8. The Kier molecular flexibility index (Phi) is 5.59. The highest BCUT2D eigenvalue weighted by Crippen LogP contribution is 2.18. The van der Waals surface area contributed by atoms with Gasteiger partial charge in [-0.2, -0.15) is 0 Å². The van der Waals surface area contributed by atoms with E-state index < -0.39 is 11.8 Å². The summed E-state index contributed by atoms with van der Waals surface area (Å²) in [5.41, 5.74) is 3.67. The van der Waals surface area contributed by atoms with Crippen molar-refractivity contribution in [2.75, 3.05) is 6.61 Å². The second kappa shape index (κ2) is 8.25. The zero-order valence-corrected chi connectivity index (χ0v) is 15.1. The molecule has 2 amide bonds. The zero-order chi connectivity index (χ0) is 19.2. The molecule has 6 nitrogen and oxygen atoms in total. The summed E-state index contributed by atoms with van der Waals surface area (Å²) in [6.07, 6.45) is 1.63. The van der Waals surface area contributed by atoms with Crippen molar-refractivity contribution >= 4 is 23.8 Å². The van der Waals surface area contributed by atoms with Crippen molar-refractivity contribution in [2.45, 2.75) is 19.8 Å². The third kappa shape index (κ3) is 4.77. The van der Waals surface area contributed by atoms with Crippen LogP contribution in [0.15, 0.2) is 64.2 Å². The van der Waals surface area contributed by atoms with Gasteiger partial charge in [-0.1, -0.05) is 44.2 Å². The number of ether oxygens (including phenoxy) is 1. The molecule has 0 unspecified atom stereocenters. The van der Waals surface area contributed by atoms with E-state index in [4.69, 9.17) is 4.74 Å². The molecule has 1 N–H and O–H groups in total. The number of nitrogens with one attached hydrogen (secondary N) is 1. The Morgan fingerprint density at radius 2 is 1.93 bits per heavy atom. The lowest BCUT2D eigenvalue weighted by molar-refractivity contribution is -0.123. The van der Waals surface area contributed by atoms with Gasteiger partial charge in [-0.05, 0) is 35.8 Å². The van der Waals surface area contributed by atoms with Gasteiger partial charge in [0.05, 0.1) is 5.36 Å². The predicted molar refractivity (Wildman–Crippen MR) is 102 cm³/mol. The number of hydrogen-bond acceptors (Lipinski definition) is 4. The van der Waals surface area contributed by atoms with E-state index in [1.165, 1.54) is 5.56 Å². The maximum absolute atomic E-state index is 11.9. The molecule has 1 aliphatic heterocycles. The summed E-state index contributed by atoms with van der Waals surface area (Å²) in [4.78, 5) is 27.7. The molecule has 0 atom stereocenters. The van der Waals surface area contributed by atoms with E-state index in [1.807, 2.05) is 42.5 Å². The Hall–Kier alpha value is -3.50. The van der Waals surface area contributed by atoms with Crippen molar-refractivity contribution < 1.29 is 14.3 Å². The monoisotopic (exact) mass is 361 g/mol. The molecule has 6 heteroatoms. The van der Waals surface area contributed by atoms with Crippen molar-refractivity contribution in [2.24, 2.45) is 10.1 Å². The number of fused-ring (bicyclic) bond motifs is 1. The van der Waals surface area contributed by atoms with E-state index in [1.54, 1.807) is 12.1 Å². The molecule has 0 radical (unpaired) electrons. The lowest BCUT2D eigenvalue weighted by atomic mass is 10.0. The van der Waals surface area contributed by atoms with Crippen molar-refractivity contribution in [1.29, 1.82) is 0 Å². The molecule has 0 aromatic heterocycles. The van der Waals surface area contributed by atoms with Crippen LogP contribution >= 0.6 is 0 Å². The minimum Gasteiger partial charge on any atom is -0.484 e. The van der Waals surface area contributed by atoms with Gasteiger partial charge in [0, 0.05) is 11.1 Å². The van der Waals surface area contributed by atoms with Crippen LogP contribution in [0.5, 0.6) is 5.75 Å². The number of hydrazone groups is 1. The minimum absolute atomic E-state index is 0.180. The first-order valence-corrected chi connectivity index (χ1v) is 8.57. The van der Waals surface area contributed by atoms with Gasteiger partial charge in [-0.3, -0.25) is 9.59 Å². The Morgan fingerprint density at radius 1 is 1.19 bits per heavy atom.